The average Bonchev–Trinajstić information content (AvgIpc) is 3.03. The second-order valence-corrected chi connectivity index (χ2v) is 6.01. The summed E-state index contributed by atoms with van der Waals surface area (Å²) in [4.78, 5) is 0. The molecule has 4 nitrogen and oxygen atoms in total. The van der Waals surface area contributed by atoms with Crippen LogP contribution in [0.2, 0.25) is 0 Å². The van der Waals surface area contributed by atoms with Gasteiger partial charge in [-0.25, -0.2) is 0 Å². The number of hydrogen-bond donors (Lipinski definition) is 1. The Bertz CT molecular complexity index is 388. The molecule has 108 valence electrons. The van der Waals surface area contributed by atoms with Crippen molar-refractivity contribution in [1.82, 2.24) is 15.1 Å². The molecule has 0 aliphatic carbocycles. The number of rotatable bonds is 7. The summed E-state index contributed by atoms with van der Waals surface area (Å²) in [5.41, 5.74) is 1.28. The molecule has 0 aromatic carbocycles. The van der Waals surface area contributed by atoms with Gasteiger partial charge in [-0.05, 0) is 41.7 Å². The summed E-state index contributed by atoms with van der Waals surface area (Å²) in [6.45, 7) is 8.13. The number of aryl methyl sites for hydroxylation is 1. The standard InChI is InChI=1S/C14H24BrN3O/c1-3-6-16-13(11-5-8-19-10-11)14-12(15)9-17-18(14)7-4-2/h9,11,13,16H,3-8,10H2,1-2H3. The molecule has 1 aromatic heterocycles. The van der Waals surface area contributed by atoms with Gasteiger partial charge in [0, 0.05) is 19.1 Å². The molecule has 0 bridgehead atoms. The molecule has 1 saturated heterocycles. The Hall–Kier alpha value is -0.390. The molecule has 0 radical (unpaired) electrons. The van der Waals surface area contributed by atoms with Crippen molar-refractivity contribution >= 4 is 15.9 Å². The van der Waals surface area contributed by atoms with Gasteiger partial charge >= 0.3 is 0 Å². The summed E-state index contributed by atoms with van der Waals surface area (Å²) in [7, 11) is 0. The van der Waals surface area contributed by atoms with Gasteiger partial charge in [-0.15, -0.1) is 0 Å². The van der Waals surface area contributed by atoms with Crippen molar-refractivity contribution in [1.29, 1.82) is 0 Å². The van der Waals surface area contributed by atoms with Gasteiger partial charge in [-0.1, -0.05) is 13.8 Å². The molecule has 5 heteroatoms. The second-order valence-electron chi connectivity index (χ2n) is 5.16. The lowest BCUT2D eigenvalue weighted by Crippen LogP contribution is -2.31. The van der Waals surface area contributed by atoms with Gasteiger partial charge in [0.2, 0.25) is 0 Å². The third-order valence-electron chi connectivity index (χ3n) is 3.61. The molecule has 0 amide bonds. The lowest BCUT2D eigenvalue weighted by molar-refractivity contribution is 0.175. The van der Waals surface area contributed by atoms with E-state index in [0.717, 1.165) is 50.0 Å². The lowest BCUT2D eigenvalue weighted by atomic mass is 9.96. The first-order valence-electron chi connectivity index (χ1n) is 7.30. The Morgan fingerprint density at radius 1 is 1.53 bits per heavy atom. The smallest absolute Gasteiger partial charge is 0.0699 e. The largest absolute Gasteiger partial charge is 0.381 e. The zero-order chi connectivity index (χ0) is 13.7. The summed E-state index contributed by atoms with van der Waals surface area (Å²) in [5, 5.41) is 8.18. The van der Waals surface area contributed by atoms with Crippen LogP contribution in [0, 0.1) is 5.92 Å². The van der Waals surface area contributed by atoms with Gasteiger partial charge in [0.25, 0.3) is 0 Å². The van der Waals surface area contributed by atoms with Crippen molar-refractivity contribution in [2.24, 2.45) is 5.92 Å². The maximum absolute atomic E-state index is 5.57. The van der Waals surface area contributed by atoms with Crippen LogP contribution in [-0.4, -0.2) is 29.5 Å². The van der Waals surface area contributed by atoms with Gasteiger partial charge in [0.1, 0.15) is 0 Å². The molecule has 2 unspecified atom stereocenters. The predicted octanol–water partition coefficient (Wildman–Crippen LogP) is 3.13. The monoisotopic (exact) mass is 329 g/mol. The van der Waals surface area contributed by atoms with Crippen molar-refractivity contribution in [3.63, 3.8) is 0 Å². The van der Waals surface area contributed by atoms with Gasteiger partial charge in [0.15, 0.2) is 0 Å². The number of aromatic nitrogens is 2. The van der Waals surface area contributed by atoms with Crippen molar-refractivity contribution in [3.05, 3.63) is 16.4 Å². The first-order valence-corrected chi connectivity index (χ1v) is 8.09. The van der Waals surface area contributed by atoms with Crippen molar-refractivity contribution < 1.29 is 4.74 Å². The number of nitrogens with zero attached hydrogens (tertiary/aromatic N) is 2. The quantitative estimate of drug-likeness (QED) is 0.835. The molecule has 1 N–H and O–H groups in total. The Balaban J connectivity index is 2.22. The average molecular weight is 330 g/mol. The van der Waals surface area contributed by atoms with Crippen LogP contribution < -0.4 is 5.32 Å². The zero-order valence-electron chi connectivity index (χ0n) is 11.9. The zero-order valence-corrected chi connectivity index (χ0v) is 13.4. The fourth-order valence-corrected chi connectivity index (χ4v) is 3.22. The van der Waals surface area contributed by atoms with Gasteiger partial charge in [0.05, 0.1) is 29.0 Å². The van der Waals surface area contributed by atoms with Crippen LogP contribution in [0.3, 0.4) is 0 Å². The number of hydrogen-bond acceptors (Lipinski definition) is 3. The van der Waals surface area contributed by atoms with Crippen LogP contribution in [0.15, 0.2) is 10.7 Å². The summed E-state index contributed by atoms with van der Waals surface area (Å²) in [6.07, 6.45) is 5.29. The van der Waals surface area contributed by atoms with Crippen LogP contribution in [0.5, 0.6) is 0 Å². The molecular weight excluding hydrogens is 306 g/mol. The highest BCUT2D eigenvalue weighted by Crippen LogP contribution is 2.33. The minimum absolute atomic E-state index is 0.339. The normalized spacial score (nSPS) is 20.9. The van der Waals surface area contributed by atoms with E-state index in [0.29, 0.717) is 12.0 Å². The summed E-state index contributed by atoms with van der Waals surface area (Å²) in [6, 6.07) is 0.339. The third-order valence-corrected chi connectivity index (χ3v) is 4.22. The van der Waals surface area contributed by atoms with Crippen molar-refractivity contribution in [2.75, 3.05) is 19.8 Å². The van der Waals surface area contributed by atoms with Crippen LogP contribution >= 0.6 is 15.9 Å². The molecule has 1 aliphatic rings. The maximum atomic E-state index is 5.57. The molecule has 1 aromatic rings. The van der Waals surface area contributed by atoms with Gasteiger partial charge in [-0.3, -0.25) is 4.68 Å². The van der Waals surface area contributed by atoms with E-state index in [1.165, 1.54) is 5.69 Å². The SMILES string of the molecule is CCCNC(c1c(Br)cnn1CCC)C1CCOC1. The molecular formula is C14H24BrN3O. The van der Waals surface area contributed by atoms with E-state index in [9.17, 15) is 0 Å². The first-order chi connectivity index (χ1) is 9.27. The van der Waals surface area contributed by atoms with Crippen LogP contribution in [0.25, 0.3) is 0 Å². The maximum Gasteiger partial charge on any atom is 0.0699 e. The van der Waals surface area contributed by atoms with Crippen molar-refractivity contribution in [2.45, 2.75) is 45.7 Å². The fraction of sp³-hybridized carbons (Fsp3) is 0.786. The second kappa shape index (κ2) is 7.41. The van der Waals surface area contributed by atoms with E-state index in [1.807, 2.05) is 6.20 Å². The minimum atomic E-state index is 0.339. The van der Waals surface area contributed by atoms with Gasteiger partial charge < -0.3 is 10.1 Å². The number of halogens is 1. The van der Waals surface area contributed by atoms with Crippen LogP contribution in [0.1, 0.15) is 44.8 Å². The molecule has 1 fully saturated rings. The lowest BCUT2D eigenvalue weighted by Gasteiger charge is -2.25. The van der Waals surface area contributed by atoms with E-state index in [4.69, 9.17) is 4.74 Å². The van der Waals surface area contributed by atoms with E-state index >= 15 is 0 Å². The number of nitrogens with one attached hydrogen (secondary N) is 1. The Morgan fingerprint density at radius 2 is 2.37 bits per heavy atom. The Morgan fingerprint density at radius 3 is 3.00 bits per heavy atom. The van der Waals surface area contributed by atoms with Crippen molar-refractivity contribution in [3.8, 4) is 0 Å². The molecule has 0 saturated carbocycles. The third kappa shape index (κ3) is 3.58. The van der Waals surface area contributed by atoms with Crippen LogP contribution in [-0.2, 0) is 11.3 Å². The first kappa shape index (κ1) is 15.0. The van der Waals surface area contributed by atoms with E-state index < -0.39 is 0 Å². The molecule has 2 heterocycles. The minimum Gasteiger partial charge on any atom is -0.381 e. The fourth-order valence-electron chi connectivity index (χ4n) is 2.67. The Labute approximate surface area is 124 Å². The molecule has 0 spiro atoms. The summed E-state index contributed by atoms with van der Waals surface area (Å²) in [5.74, 6) is 0.551. The summed E-state index contributed by atoms with van der Waals surface area (Å²) < 4.78 is 8.82. The highest BCUT2D eigenvalue weighted by Gasteiger charge is 2.30. The highest BCUT2D eigenvalue weighted by atomic mass is 79.9. The van der Waals surface area contributed by atoms with E-state index in [2.05, 4.69) is 44.9 Å². The molecule has 2 atom stereocenters. The highest BCUT2D eigenvalue weighted by molar-refractivity contribution is 9.10. The molecule has 2 rings (SSSR count). The molecule has 19 heavy (non-hydrogen) atoms. The predicted molar refractivity (Wildman–Crippen MR) is 80.2 cm³/mol. The topological polar surface area (TPSA) is 39.1 Å². The summed E-state index contributed by atoms with van der Waals surface area (Å²) >= 11 is 3.66. The van der Waals surface area contributed by atoms with Gasteiger partial charge in [-0.2, -0.15) is 5.10 Å². The van der Waals surface area contributed by atoms with E-state index in [-0.39, 0.29) is 0 Å². The Kier molecular flexibility index (Phi) is 5.85. The van der Waals surface area contributed by atoms with Crippen LogP contribution in [0.4, 0.5) is 0 Å². The van der Waals surface area contributed by atoms with E-state index in [1.54, 1.807) is 0 Å². The molecule has 1 aliphatic heterocycles. The number of ether oxygens (including phenoxy) is 1.